The number of benzene rings is 2. The number of fused-ring (bicyclic) bond motifs is 2. The van der Waals surface area contributed by atoms with Crippen LogP contribution >= 0.6 is 11.6 Å². The van der Waals surface area contributed by atoms with Crippen molar-refractivity contribution in [3.8, 4) is 11.1 Å². The number of nitrogens with zero attached hydrogens (tertiary/aromatic N) is 1. The summed E-state index contributed by atoms with van der Waals surface area (Å²) in [6.45, 7) is 0. The summed E-state index contributed by atoms with van der Waals surface area (Å²) in [5.74, 6) is -0.0904. The van der Waals surface area contributed by atoms with Crippen LogP contribution in [0.2, 0.25) is 5.02 Å². The average molecular weight is 296 g/mol. The molecular formula is C17H10ClNO2. The first-order valence-corrected chi connectivity index (χ1v) is 6.94. The molecule has 102 valence electrons. The molecule has 1 aliphatic rings. The van der Waals surface area contributed by atoms with Gasteiger partial charge in [0.25, 0.3) is 5.56 Å². The van der Waals surface area contributed by atoms with E-state index in [0.29, 0.717) is 16.1 Å². The van der Waals surface area contributed by atoms with Gasteiger partial charge in [-0.15, -0.1) is 0 Å². The second kappa shape index (κ2) is 4.06. The molecule has 21 heavy (non-hydrogen) atoms. The van der Waals surface area contributed by atoms with Crippen molar-refractivity contribution in [2.24, 2.45) is 7.05 Å². The van der Waals surface area contributed by atoms with E-state index in [1.807, 2.05) is 18.2 Å². The Morgan fingerprint density at radius 1 is 0.952 bits per heavy atom. The Labute approximate surface area is 125 Å². The molecule has 3 nitrogen and oxygen atoms in total. The highest BCUT2D eigenvalue weighted by molar-refractivity contribution is 6.39. The standard InChI is InChI=1S/C17H10ClNO2/c1-19-13-7-6-12(18)16-15(13)11(8-14(19)20)9-4-2-3-5-10(9)17(16)21/h2-8H,1H3. The molecule has 0 radical (unpaired) electrons. The second-order valence-electron chi connectivity index (χ2n) is 5.15. The number of hydrogen-bond acceptors (Lipinski definition) is 2. The fourth-order valence-corrected chi connectivity index (χ4v) is 3.26. The lowest BCUT2D eigenvalue weighted by atomic mass is 9.84. The fraction of sp³-hybridized carbons (Fsp3) is 0.0588. The number of aromatic nitrogens is 1. The lowest BCUT2D eigenvalue weighted by Gasteiger charge is -2.21. The van der Waals surface area contributed by atoms with Gasteiger partial charge in [0.2, 0.25) is 0 Å². The SMILES string of the molecule is Cn1c(=O)cc2c3c(c(Cl)ccc31)C(=O)c1ccccc1-2. The molecule has 0 saturated carbocycles. The molecule has 0 spiro atoms. The molecule has 0 bridgehead atoms. The molecule has 3 aromatic rings. The minimum atomic E-state index is -0.102. The average Bonchev–Trinajstić information content (AvgIpc) is 2.49. The molecule has 0 unspecified atom stereocenters. The predicted molar refractivity (Wildman–Crippen MR) is 83.1 cm³/mol. The van der Waals surface area contributed by atoms with E-state index in [9.17, 15) is 9.59 Å². The molecule has 0 saturated heterocycles. The Morgan fingerprint density at radius 3 is 2.43 bits per heavy atom. The first-order chi connectivity index (χ1) is 10.1. The Bertz CT molecular complexity index is 1000. The Kier molecular flexibility index (Phi) is 2.39. The maximum absolute atomic E-state index is 12.7. The zero-order valence-electron chi connectivity index (χ0n) is 11.2. The van der Waals surface area contributed by atoms with Crippen LogP contribution in [0.5, 0.6) is 0 Å². The third-order valence-corrected chi connectivity index (χ3v) is 4.37. The van der Waals surface area contributed by atoms with Crippen molar-refractivity contribution >= 4 is 28.3 Å². The summed E-state index contributed by atoms with van der Waals surface area (Å²) in [6, 6.07) is 12.4. The molecule has 0 amide bonds. The van der Waals surface area contributed by atoms with E-state index in [2.05, 4.69) is 0 Å². The molecule has 0 N–H and O–H groups in total. The van der Waals surface area contributed by atoms with E-state index in [0.717, 1.165) is 22.0 Å². The van der Waals surface area contributed by atoms with Crippen molar-refractivity contribution in [3.63, 3.8) is 0 Å². The van der Waals surface area contributed by atoms with Gasteiger partial charge in [0.1, 0.15) is 0 Å². The zero-order valence-corrected chi connectivity index (χ0v) is 11.9. The molecular weight excluding hydrogens is 286 g/mol. The van der Waals surface area contributed by atoms with Gasteiger partial charge in [0, 0.05) is 24.1 Å². The molecule has 1 aliphatic carbocycles. The third kappa shape index (κ3) is 1.49. The largest absolute Gasteiger partial charge is 0.311 e. The molecule has 1 aromatic heterocycles. The quantitative estimate of drug-likeness (QED) is 0.499. The second-order valence-corrected chi connectivity index (χ2v) is 5.55. The van der Waals surface area contributed by atoms with Gasteiger partial charge in [-0.2, -0.15) is 0 Å². The van der Waals surface area contributed by atoms with Crippen LogP contribution in [0.4, 0.5) is 0 Å². The number of rotatable bonds is 0. The summed E-state index contributed by atoms with van der Waals surface area (Å²) in [4.78, 5) is 24.9. The van der Waals surface area contributed by atoms with E-state index < -0.39 is 0 Å². The van der Waals surface area contributed by atoms with Gasteiger partial charge in [-0.25, -0.2) is 0 Å². The van der Waals surface area contributed by atoms with Crippen molar-refractivity contribution in [3.05, 3.63) is 69.0 Å². The lowest BCUT2D eigenvalue weighted by molar-refractivity contribution is 0.104. The normalized spacial score (nSPS) is 12.6. The smallest absolute Gasteiger partial charge is 0.251 e. The van der Waals surface area contributed by atoms with Gasteiger partial charge >= 0.3 is 0 Å². The molecule has 0 fully saturated rings. The van der Waals surface area contributed by atoms with Crippen molar-refractivity contribution in [1.82, 2.24) is 4.57 Å². The molecule has 4 rings (SSSR count). The van der Waals surface area contributed by atoms with E-state index >= 15 is 0 Å². The first-order valence-electron chi connectivity index (χ1n) is 6.56. The first kappa shape index (κ1) is 12.4. The van der Waals surface area contributed by atoms with Gasteiger partial charge in [0.05, 0.1) is 16.1 Å². The minimum Gasteiger partial charge on any atom is -0.311 e. The maximum atomic E-state index is 12.7. The van der Waals surface area contributed by atoms with Crippen LogP contribution in [-0.4, -0.2) is 10.4 Å². The van der Waals surface area contributed by atoms with E-state index in [1.165, 1.54) is 0 Å². The number of carbonyl (C=O) groups excluding carboxylic acids is 1. The van der Waals surface area contributed by atoms with Crippen LogP contribution in [-0.2, 0) is 7.05 Å². The lowest BCUT2D eigenvalue weighted by Crippen LogP contribution is -2.20. The minimum absolute atomic E-state index is 0.0904. The van der Waals surface area contributed by atoms with E-state index in [4.69, 9.17) is 11.6 Å². The fourth-order valence-electron chi connectivity index (χ4n) is 3.01. The molecule has 2 aromatic carbocycles. The number of ketones is 1. The van der Waals surface area contributed by atoms with E-state index in [-0.39, 0.29) is 11.3 Å². The van der Waals surface area contributed by atoms with Crippen LogP contribution in [0, 0.1) is 0 Å². The summed E-state index contributed by atoms with van der Waals surface area (Å²) in [6.07, 6.45) is 0. The van der Waals surface area contributed by atoms with Crippen LogP contribution < -0.4 is 5.56 Å². The van der Waals surface area contributed by atoms with Gasteiger partial charge in [-0.3, -0.25) is 9.59 Å². The van der Waals surface area contributed by atoms with Crippen molar-refractivity contribution in [1.29, 1.82) is 0 Å². The summed E-state index contributed by atoms with van der Waals surface area (Å²) >= 11 is 6.25. The Balaban J connectivity index is 2.35. The monoisotopic (exact) mass is 295 g/mol. The van der Waals surface area contributed by atoms with Crippen LogP contribution in [0.3, 0.4) is 0 Å². The highest BCUT2D eigenvalue weighted by Crippen LogP contribution is 2.40. The number of carbonyl (C=O) groups is 1. The maximum Gasteiger partial charge on any atom is 0.251 e. The van der Waals surface area contributed by atoms with E-state index in [1.54, 1.807) is 35.9 Å². The highest BCUT2D eigenvalue weighted by atomic mass is 35.5. The molecule has 1 heterocycles. The Morgan fingerprint density at radius 2 is 1.67 bits per heavy atom. The summed E-state index contributed by atoms with van der Waals surface area (Å²) in [5, 5.41) is 1.18. The van der Waals surface area contributed by atoms with Gasteiger partial charge in [-0.1, -0.05) is 35.9 Å². The summed E-state index contributed by atoms with van der Waals surface area (Å²) < 4.78 is 1.54. The van der Waals surface area contributed by atoms with Crippen LogP contribution in [0.15, 0.2) is 47.3 Å². The number of halogens is 1. The topological polar surface area (TPSA) is 39.1 Å². The molecule has 0 atom stereocenters. The summed E-state index contributed by atoms with van der Waals surface area (Å²) in [7, 11) is 1.70. The van der Waals surface area contributed by atoms with Crippen molar-refractivity contribution in [2.75, 3.05) is 0 Å². The number of aryl methyl sites for hydroxylation is 1. The number of hydrogen-bond donors (Lipinski definition) is 0. The molecule has 0 aliphatic heterocycles. The third-order valence-electron chi connectivity index (χ3n) is 4.05. The highest BCUT2D eigenvalue weighted by Gasteiger charge is 2.28. The van der Waals surface area contributed by atoms with Crippen LogP contribution in [0.25, 0.3) is 22.0 Å². The number of pyridine rings is 1. The van der Waals surface area contributed by atoms with Gasteiger partial charge in [-0.05, 0) is 23.3 Å². The predicted octanol–water partition coefficient (Wildman–Crippen LogP) is 3.40. The van der Waals surface area contributed by atoms with Crippen molar-refractivity contribution in [2.45, 2.75) is 0 Å². The molecule has 4 heteroatoms. The van der Waals surface area contributed by atoms with Gasteiger partial charge in [0.15, 0.2) is 5.78 Å². The van der Waals surface area contributed by atoms with Crippen molar-refractivity contribution < 1.29 is 4.79 Å². The summed E-state index contributed by atoms with van der Waals surface area (Å²) in [5.41, 5.74) is 3.27. The van der Waals surface area contributed by atoms with Gasteiger partial charge < -0.3 is 4.57 Å². The van der Waals surface area contributed by atoms with Crippen LogP contribution in [0.1, 0.15) is 15.9 Å². The Hall–Kier alpha value is -2.39. The zero-order chi connectivity index (χ0) is 14.7.